The third-order valence-electron chi connectivity index (χ3n) is 4.50. The molecule has 0 spiro atoms. The quantitative estimate of drug-likeness (QED) is 0.480. The molecule has 0 saturated heterocycles. The highest BCUT2D eigenvalue weighted by Gasteiger charge is 2.14. The van der Waals surface area contributed by atoms with Crippen LogP contribution in [0.3, 0.4) is 0 Å². The van der Waals surface area contributed by atoms with Crippen LogP contribution in [0.4, 0.5) is 0 Å². The lowest BCUT2D eigenvalue weighted by Crippen LogP contribution is -2.24. The molecule has 3 N–H and O–H groups in total. The van der Waals surface area contributed by atoms with Crippen LogP contribution in [-0.2, 0) is 6.54 Å². The van der Waals surface area contributed by atoms with E-state index in [1.807, 2.05) is 30.3 Å². The van der Waals surface area contributed by atoms with Crippen molar-refractivity contribution in [2.45, 2.75) is 6.54 Å². The first-order valence-electron chi connectivity index (χ1n) is 8.65. The van der Waals surface area contributed by atoms with Gasteiger partial charge < -0.3 is 15.4 Å². The third-order valence-corrected chi connectivity index (χ3v) is 4.72. The lowest BCUT2D eigenvalue weighted by atomic mass is 10.1. The summed E-state index contributed by atoms with van der Waals surface area (Å²) in [4.78, 5) is 42.7. The van der Waals surface area contributed by atoms with Crippen molar-refractivity contribution in [3.8, 4) is 0 Å². The van der Waals surface area contributed by atoms with Gasteiger partial charge in [-0.25, -0.2) is 9.78 Å². The van der Waals surface area contributed by atoms with E-state index in [4.69, 9.17) is 16.7 Å². The Bertz CT molecular complexity index is 1350. The third kappa shape index (κ3) is 3.68. The van der Waals surface area contributed by atoms with Gasteiger partial charge in [-0.2, -0.15) is 0 Å². The Balaban J connectivity index is 1.64. The van der Waals surface area contributed by atoms with E-state index in [2.05, 4.69) is 15.3 Å². The predicted octanol–water partition coefficient (Wildman–Crippen LogP) is 3.36. The van der Waals surface area contributed by atoms with Gasteiger partial charge in [0.05, 0.1) is 11.0 Å². The number of hydrogen-bond acceptors (Lipinski definition) is 4. The summed E-state index contributed by atoms with van der Waals surface area (Å²) in [7, 11) is 0. The average Bonchev–Trinajstić information content (AvgIpc) is 2.71. The van der Waals surface area contributed by atoms with Crippen LogP contribution in [-0.4, -0.2) is 27.0 Å². The second kappa shape index (κ2) is 7.37. The van der Waals surface area contributed by atoms with Gasteiger partial charge in [0, 0.05) is 22.3 Å². The van der Waals surface area contributed by atoms with Crippen molar-refractivity contribution in [2.75, 3.05) is 0 Å². The number of nitrogens with one attached hydrogen (secondary N) is 2. The zero-order chi connectivity index (χ0) is 20.5. The van der Waals surface area contributed by atoms with Crippen LogP contribution >= 0.6 is 11.6 Å². The van der Waals surface area contributed by atoms with Gasteiger partial charge in [-0.15, -0.1) is 0 Å². The van der Waals surface area contributed by atoms with Gasteiger partial charge in [0.2, 0.25) is 0 Å². The Kier molecular flexibility index (Phi) is 4.74. The van der Waals surface area contributed by atoms with Crippen molar-refractivity contribution >= 4 is 45.3 Å². The molecule has 8 heteroatoms. The molecule has 0 bridgehead atoms. The number of aromatic carboxylic acids is 1. The van der Waals surface area contributed by atoms with Gasteiger partial charge in [0.15, 0.2) is 0 Å². The van der Waals surface area contributed by atoms with Crippen molar-refractivity contribution in [2.24, 2.45) is 0 Å². The van der Waals surface area contributed by atoms with Crippen molar-refractivity contribution in [1.82, 2.24) is 15.3 Å². The number of para-hydroxylation sites is 1. The first-order valence-corrected chi connectivity index (χ1v) is 9.03. The summed E-state index contributed by atoms with van der Waals surface area (Å²) in [5, 5.41) is 13.6. The smallest absolute Gasteiger partial charge is 0.341 e. The van der Waals surface area contributed by atoms with Crippen LogP contribution in [0.25, 0.3) is 21.8 Å². The summed E-state index contributed by atoms with van der Waals surface area (Å²) >= 11 is 6.13. The lowest BCUT2D eigenvalue weighted by molar-refractivity contribution is 0.0695. The summed E-state index contributed by atoms with van der Waals surface area (Å²) in [6.07, 6.45) is 0. The molecule has 4 rings (SSSR count). The first kappa shape index (κ1) is 18.6. The van der Waals surface area contributed by atoms with Crippen LogP contribution in [0, 0.1) is 0 Å². The van der Waals surface area contributed by atoms with E-state index in [1.54, 1.807) is 18.2 Å². The number of aromatic amines is 1. The number of rotatable bonds is 4. The Labute approximate surface area is 169 Å². The zero-order valence-corrected chi connectivity index (χ0v) is 15.7. The number of carboxylic acids is 1. The minimum atomic E-state index is -1.33. The number of nitrogens with zero attached hydrogens (tertiary/aromatic N) is 1. The molecule has 2 aromatic carbocycles. The summed E-state index contributed by atoms with van der Waals surface area (Å²) in [6.45, 7) is 0.0761. The number of hydrogen-bond donors (Lipinski definition) is 3. The van der Waals surface area contributed by atoms with Crippen LogP contribution in [0.15, 0.2) is 59.4 Å². The average molecular weight is 408 g/mol. The molecule has 2 aromatic heterocycles. The number of carboxylic acid groups (broad SMARTS) is 1. The monoisotopic (exact) mass is 407 g/mol. The number of carbonyl (C=O) groups excluding carboxylic acids is 1. The molecule has 0 saturated carbocycles. The molecule has 2 heterocycles. The molecule has 0 radical (unpaired) electrons. The van der Waals surface area contributed by atoms with E-state index < -0.39 is 11.5 Å². The van der Waals surface area contributed by atoms with Gasteiger partial charge in [0.25, 0.3) is 11.5 Å². The lowest BCUT2D eigenvalue weighted by Gasteiger charge is -2.10. The number of fused-ring (bicyclic) bond motifs is 2. The number of amides is 1. The maximum absolute atomic E-state index is 12.5. The fourth-order valence-corrected chi connectivity index (χ4v) is 3.36. The molecule has 0 aliphatic rings. The summed E-state index contributed by atoms with van der Waals surface area (Å²) in [6, 6.07) is 15.3. The molecular formula is C21H14ClN3O4. The van der Waals surface area contributed by atoms with Crippen molar-refractivity contribution in [3.05, 3.63) is 86.8 Å². The second-order valence-corrected chi connectivity index (χ2v) is 6.85. The van der Waals surface area contributed by atoms with Gasteiger partial charge in [0.1, 0.15) is 11.3 Å². The van der Waals surface area contributed by atoms with E-state index in [0.717, 1.165) is 5.39 Å². The molecule has 7 nitrogen and oxygen atoms in total. The van der Waals surface area contributed by atoms with Crippen molar-refractivity contribution in [1.29, 1.82) is 0 Å². The first-order chi connectivity index (χ1) is 13.9. The largest absolute Gasteiger partial charge is 0.477 e. The molecule has 144 valence electrons. The molecule has 0 unspecified atom stereocenters. The second-order valence-electron chi connectivity index (χ2n) is 6.42. The van der Waals surface area contributed by atoms with Gasteiger partial charge in [-0.1, -0.05) is 35.9 Å². The Hall–Kier alpha value is -3.71. The van der Waals surface area contributed by atoms with E-state index in [9.17, 15) is 14.4 Å². The highest BCUT2D eigenvalue weighted by Crippen LogP contribution is 2.22. The molecule has 1 amide bonds. The normalized spacial score (nSPS) is 10.9. The van der Waals surface area contributed by atoms with Crippen molar-refractivity contribution in [3.63, 3.8) is 0 Å². The number of H-pyrrole nitrogens is 1. The van der Waals surface area contributed by atoms with Gasteiger partial charge in [-0.3, -0.25) is 9.59 Å². The molecule has 0 aliphatic carbocycles. The Morgan fingerprint density at radius 3 is 2.66 bits per heavy atom. The topological polar surface area (TPSA) is 112 Å². The van der Waals surface area contributed by atoms with Gasteiger partial charge in [-0.05, 0) is 35.9 Å². The number of aromatic nitrogens is 2. The molecular weight excluding hydrogens is 394 g/mol. The maximum atomic E-state index is 12.5. The number of halogens is 1. The van der Waals surface area contributed by atoms with Crippen LogP contribution in [0.5, 0.6) is 0 Å². The SMILES string of the molecule is O=C(NCc1cc(Cl)cc2cc(C(=O)O)c(=O)[nH]c12)c1ccc2ccccc2n1. The van der Waals surface area contributed by atoms with Gasteiger partial charge >= 0.3 is 5.97 Å². The summed E-state index contributed by atoms with van der Waals surface area (Å²) < 4.78 is 0. The fourth-order valence-electron chi connectivity index (χ4n) is 3.11. The highest BCUT2D eigenvalue weighted by atomic mass is 35.5. The highest BCUT2D eigenvalue weighted by molar-refractivity contribution is 6.31. The molecule has 0 atom stereocenters. The van der Waals surface area contributed by atoms with E-state index in [1.165, 1.54) is 6.07 Å². The van der Waals surface area contributed by atoms with Crippen molar-refractivity contribution < 1.29 is 14.7 Å². The molecule has 0 fully saturated rings. The molecule has 0 aliphatic heterocycles. The van der Waals surface area contributed by atoms with E-state index in [-0.39, 0.29) is 23.7 Å². The predicted molar refractivity (Wildman–Crippen MR) is 109 cm³/mol. The minimum absolute atomic E-state index is 0.0761. The zero-order valence-electron chi connectivity index (χ0n) is 14.9. The molecule has 29 heavy (non-hydrogen) atoms. The standard InChI is InChI=1S/C21H14ClN3O4/c22-14-7-12-9-15(21(28)29)19(26)25-18(12)13(8-14)10-23-20(27)17-6-5-11-3-1-2-4-16(11)24-17/h1-9H,10H2,(H,23,27)(H,25,26)(H,28,29). The molecule has 4 aromatic rings. The van der Waals surface area contributed by atoms with E-state index in [0.29, 0.717) is 27.0 Å². The summed E-state index contributed by atoms with van der Waals surface area (Å²) in [5.74, 6) is -1.71. The summed E-state index contributed by atoms with van der Waals surface area (Å²) in [5.41, 5.74) is 0.827. The van der Waals surface area contributed by atoms with Crippen LogP contribution in [0.1, 0.15) is 26.4 Å². The van der Waals surface area contributed by atoms with E-state index >= 15 is 0 Å². The minimum Gasteiger partial charge on any atom is -0.477 e. The number of pyridine rings is 2. The van der Waals surface area contributed by atoms with Crippen LogP contribution < -0.4 is 10.9 Å². The fraction of sp³-hybridized carbons (Fsp3) is 0.0476. The van der Waals surface area contributed by atoms with Crippen LogP contribution in [0.2, 0.25) is 5.02 Å². The maximum Gasteiger partial charge on any atom is 0.341 e. The number of carbonyl (C=O) groups is 2. The Morgan fingerprint density at radius 1 is 1.07 bits per heavy atom. The Morgan fingerprint density at radius 2 is 1.86 bits per heavy atom. The number of benzene rings is 2.